The van der Waals surface area contributed by atoms with E-state index in [0.717, 1.165) is 22.6 Å². The molecule has 1 aliphatic heterocycles. The summed E-state index contributed by atoms with van der Waals surface area (Å²) in [4.78, 5) is 26.0. The summed E-state index contributed by atoms with van der Waals surface area (Å²) in [5.74, 6) is 0.343. The van der Waals surface area contributed by atoms with Crippen LogP contribution in [-0.2, 0) is 16.1 Å². The zero-order chi connectivity index (χ0) is 17.8. The van der Waals surface area contributed by atoms with Crippen LogP contribution in [0.4, 0.5) is 5.69 Å². The quantitative estimate of drug-likeness (QED) is 0.825. The SMILES string of the molecule is C=CCOc1ccccc1CN1C(=O)C(NC(C)=O)c2ccccc21. The molecule has 128 valence electrons. The van der Waals surface area contributed by atoms with Gasteiger partial charge < -0.3 is 15.0 Å². The number of benzene rings is 2. The fourth-order valence-electron chi connectivity index (χ4n) is 2.99. The van der Waals surface area contributed by atoms with Gasteiger partial charge in [-0.1, -0.05) is 49.1 Å². The first-order chi connectivity index (χ1) is 12.1. The molecule has 1 N–H and O–H groups in total. The van der Waals surface area contributed by atoms with Crippen LogP contribution < -0.4 is 15.0 Å². The fraction of sp³-hybridized carbons (Fsp3) is 0.200. The number of ether oxygens (including phenoxy) is 1. The molecular formula is C20H20N2O3. The van der Waals surface area contributed by atoms with Crippen molar-refractivity contribution in [3.8, 4) is 5.75 Å². The lowest BCUT2D eigenvalue weighted by Gasteiger charge is -2.20. The molecule has 1 atom stereocenters. The molecular weight excluding hydrogens is 316 g/mol. The number of rotatable bonds is 6. The summed E-state index contributed by atoms with van der Waals surface area (Å²) in [5, 5.41) is 2.74. The maximum atomic E-state index is 12.9. The molecule has 25 heavy (non-hydrogen) atoms. The molecule has 0 aromatic heterocycles. The molecule has 1 heterocycles. The largest absolute Gasteiger partial charge is 0.489 e. The van der Waals surface area contributed by atoms with Gasteiger partial charge in [-0.2, -0.15) is 0 Å². The van der Waals surface area contributed by atoms with E-state index in [2.05, 4.69) is 11.9 Å². The van der Waals surface area contributed by atoms with Crippen molar-refractivity contribution in [1.29, 1.82) is 0 Å². The highest BCUT2D eigenvalue weighted by Crippen LogP contribution is 2.37. The van der Waals surface area contributed by atoms with Crippen LogP contribution in [0, 0.1) is 0 Å². The summed E-state index contributed by atoms with van der Waals surface area (Å²) >= 11 is 0. The van der Waals surface area contributed by atoms with E-state index < -0.39 is 6.04 Å². The molecule has 1 unspecified atom stereocenters. The van der Waals surface area contributed by atoms with Crippen LogP contribution in [-0.4, -0.2) is 18.4 Å². The summed E-state index contributed by atoms with van der Waals surface area (Å²) in [6.45, 7) is 5.85. The average Bonchev–Trinajstić information content (AvgIpc) is 2.86. The van der Waals surface area contributed by atoms with Crippen LogP contribution in [0.15, 0.2) is 61.2 Å². The minimum Gasteiger partial charge on any atom is -0.489 e. The minimum atomic E-state index is -0.644. The summed E-state index contributed by atoms with van der Waals surface area (Å²) in [6.07, 6.45) is 1.68. The van der Waals surface area contributed by atoms with Gasteiger partial charge in [0.25, 0.3) is 5.91 Å². The number of fused-ring (bicyclic) bond motifs is 1. The van der Waals surface area contributed by atoms with Gasteiger partial charge in [0.05, 0.1) is 6.54 Å². The molecule has 0 bridgehead atoms. The molecule has 0 spiro atoms. The number of para-hydroxylation sites is 2. The van der Waals surface area contributed by atoms with Crippen molar-refractivity contribution in [3.63, 3.8) is 0 Å². The molecule has 5 nitrogen and oxygen atoms in total. The van der Waals surface area contributed by atoms with Crippen LogP contribution in [0.5, 0.6) is 5.75 Å². The molecule has 0 saturated carbocycles. The predicted octanol–water partition coefficient (Wildman–Crippen LogP) is 2.98. The van der Waals surface area contributed by atoms with Crippen molar-refractivity contribution in [2.24, 2.45) is 0 Å². The monoisotopic (exact) mass is 336 g/mol. The normalized spacial score (nSPS) is 15.6. The molecule has 0 aliphatic carbocycles. The highest BCUT2D eigenvalue weighted by Gasteiger charge is 2.37. The Morgan fingerprint density at radius 3 is 2.72 bits per heavy atom. The number of nitrogens with one attached hydrogen (secondary N) is 1. The smallest absolute Gasteiger partial charge is 0.254 e. The standard InChI is InChI=1S/C20H20N2O3/c1-3-12-25-18-11-7-4-8-15(18)13-22-17-10-6-5-9-16(17)19(20(22)24)21-14(2)23/h3-11,19H,1,12-13H2,2H3,(H,21,23). The van der Waals surface area contributed by atoms with E-state index >= 15 is 0 Å². The van der Waals surface area contributed by atoms with Crippen molar-refractivity contribution in [1.82, 2.24) is 5.32 Å². The number of hydrogen-bond donors (Lipinski definition) is 1. The topological polar surface area (TPSA) is 58.6 Å². The van der Waals surface area contributed by atoms with Crippen LogP contribution in [0.25, 0.3) is 0 Å². The van der Waals surface area contributed by atoms with Crippen molar-refractivity contribution in [2.45, 2.75) is 19.5 Å². The second-order valence-electron chi connectivity index (χ2n) is 5.82. The molecule has 5 heteroatoms. The van der Waals surface area contributed by atoms with Crippen molar-refractivity contribution < 1.29 is 14.3 Å². The Hall–Kier alpha value is -3.08. The molecule has 2 aromatic rings. The maximum absolute atomic E-state index is 12.9. The lowest BCUT2D eigenvalue weighted by Crippen LogP contribution is -2.36. The Kier molecular flexibility index (Phi) is 4.84. The van der Waals surface area contributed by atoms with Crippen LogP contribution >= 0.6 is 0 Å². The molecule has 2 aromatic carbocycles. The van der Waals surface area contributed by atoms with E-state index in [1.807, 2.05) is 48.5 Å². The Labute approximate surface area is 146 Å². The van der Waals surface area contributed by atoms with E-state index in [1.54, 1.807) is 11.0 Å². The highest BCUT2D eigenvalue weighted by atomic mass is 16.5. The fourth-order valence-corrected chi connectivity index (χ4v) is 2.99. The number of hydrogen-bond acceptors (Lipinski definition) is 3. The maximum Gasteiger partial charge on any atom is 0.254 e. The first-order valence-electron chi connectivity index (χ1n) is 8.11. The van der Waals surface area contributed by atoms with Gasteiger partial charge >= 0.3 is 0 Å². The van der Waals surface area contributed by atoms with E-state index in [1.165, 1.54) is 6.92 Å². The van der Waals surface area contributed by atoms with Gasteiger partial charge in [-0.05, 0) is 12.1 Å². The van der Waals surface area contributed by atoms with Gasteiger partial charge in [0.15, 0.2) is 0 Å². The first-order valence-corrected chi connectivity index (χ1v) is 8.11. The van der Waals surface area contributed by atoms with Crippen molar-refractivity contribution in [2.75, 3.05) is 11.5 Å². The van der Waals surface area contributed by atoms with Crippen molar-refractivity contribution in [3.05, 3.63) is 72.3 Å². The second-order valence-corrected chi connectivity index (χ2v) is 5.82. The number of anilines is 1. The molecule has 0 radical (unpaired) electrons. The van der Waals surface area contributed by atoms with Gasteiger partial charge in [-0.15, -0.1) is 0 Å². The Balaban J connectivity index is 1.92. The van der Waals surface area contributed by atoms with Crippen LogP contribution in [0.3, 0.4) is 0 Å². The van der Waals surface area contributed by atoms with E-state index in [4.69, 9.17) is 4.74 Å². The summed E-state index contributed by atoms with van der Waals surface area (Å²) in [7, 11) is 0. The van der Waals surface area contributed by atoms with Gasteiger partial charge in [-0.25, -0.2) is 0 Å². The zero-order valence-electron chi connectivity index (χ0n) is 14.1. The minimum absolute atomic E-state index is 0.144. The number of carbonyl (C=O) groups excluding carboxylic acids is 2. The Bertz CT molecular complexity index is 816. The van der Waals surface area contributed by atoms with Gasteiger partial charge in [0.2, 0.25) is 5.91 Å². The van der Waals surface area contributed by atoms with E-state index in [-0.39, 0.29) is 11.8 Å². The van der Waals surface area contributed by atoms with E-state index in [9.17, 15) is 9.59 Å². The van der Waals surface area contributed by atoms with Crippen molar-refractivity contribution >= 4 is 17.5 Å². The van der Waals surface area contributed by atoms with Crippen LogP contribution in [0.2, 0.25) is 0 Å². The first kappa shape index (κ1) is 16.8. The molecule has 0 fully saturated rings. The lowest BCUT2D eigenvalue weighted by atomic mass is 10.1. The summed E-state index contributed by atoms with van der Waals surface area (Å²) < 4.78 is 5.69. The molecule has 0 saturated heterocycles. The third-order valence-electron chi connectivity index (χ3n) is 4.06. The number of amides is 2. The lowest BCUT2D eigenvalue weighted by molar-refractivity contribution is -0.126. The summed E-state index contributed by atoms with van der Waals surface area (Å²) in [6, 6.07) is 14.5. The zero-order valence-corrected chi connectivity index (χ0v) is 14.1. The number of carbonyl (C=O) groups is 2. The third-order valence-corrected chi connectivity index (χ3v) is 4.06. The highest BCUT2D eigenvalue weighted by molar-refractivity contribution is 6.06. The number of nitrogens with zero attached hydrogens (tertiary/aromatic N) is 1. The average molecular weight is 336 g/mol. The van der Waals surface area contributed by atoms with Gasteiger partial charge in [0, 0.05) is 23.7 Å². The summed E-state index contributed by atoms with van der Waals surface area (Å²) in [5.41, 5.74) is 2.52. The molecule has 2 amide bonds. The molecule has 1 aliphatic rings. The Morgan fingerprint density at radius 1 is 1.24 bits per heavy atom. The van der Waals surface area contributed by atoms with E-state index in [0.29, 0.717) is 13.2 Å². The Morgan fingerprint density at radius 2 is 1.96 bits per heavy atom. The molecule has 3 rings (SSSR count). The van der Waals surface area contributed by atoms with Crippen LogP contribution in [0.1, 0.15) is 24.1 Å². The van der Waals surface area contributed by atoms with Gasteiger partial charge in [-0.3, -0.25) is 9.59 Å². The predicted molar refractivity (Wildman–Crippen MR) is 96.3 cm³/mol. The third kappa shape index (κ3) is 3.40. The second kappa shape index (κ2) is 7.21. The van der Waals surface area contributed by atoms with Gasteiger partial charge in [0.1, 0.15) is 18.4 Å².